The summed E-state index contributed by atoms with van der Waals surface area (Å²) in [6, 6.07) is 4.74. The number of nitrogens with zero attached hydrogens (tertiary/aromatic N) is 3. The van der Waals surface area contributed by atoms with Crippen LogP contribution in [0.25, 0.3) is 10.9 Å². The highest BCUT2D eigenvalue weighted by Crippen LogP contribution is 2.31. The summed E-state index contributed by atoms with van der Waals surface area (Å²) in [4.78, 5) is 24.6. The molecule has 2 heterocycles. The first-order valence-corrected chi connectivity index (χ1v) is 8.60. The second-order valence-corrected chi connectivity index (χ2v) is 7.20. The first-order chi connectivity index (χ1) is 12.3. The molecule has 1 aromatic carbocycles. The quantitative estimate of drug-likeness (QED) is 0.669. The van der Waals surface area contributed by atoms with Crippen molar-refractivity contribution in [2.24, 2.45) is 7.05 Å². The van der Waals surface area contributed by atoms with Crippen LogP contribution < -0.4 is 10.9 Å². The third-order valence-corrected chi connectivity index (χ3v) is 4.78. The van der Waals surface area contributed by atoms with Crippen molar-refractivity contribution < 1.29 is 9.18 Å². The highest BCUT2D eigenvalue weighted by atomic mass is 32.2. The van der Waals surface area contributed by atoms with Gasteiger partial charge in [0.05, 0.1) is 23.6 Å². The number of pyridine rings is 1. The number of likely N-dealkylation sites (N-methyl/N-ethyl adjacent to an activating group) is 1. The van der Waals surface area contributed by atoms with Gasteiger partial charge in [-0.1, -0.05) is 0 Å². The molecule has 0 bridgehead atoms. The molecule has 0 aliphatic carbocycles. The van der Waals surface area contributed by atoms with Crippen molar-refractivity contribution in [2.45, 2.75) is 11.8 Å². The number of benzene rings is 1. The van der Waals surface area contributed by atoms with Gasteiger partial charge in [0, 0.05) is 29.9 Å². The van der Waals surface area contributed by atoms with Crippen LogP contribution in [0.1, 0.15) is 5.56 Å². The van der Waals surface area contributed by atoms with Gasteiger partial charge in [0.2, 0.25) is 5.91 Å². The molecular weight excluding hydrogens is 357 g/mol. The predicted octanol–water partition coefficient (Wildman–Crippen LogP) is 2.29. The van der Waals surface area contributed by atoms with E-state index in [4.69, 9.17) is 0 Å². The molecule has 2 aromatic heterocycles. The van der Waals surface area contributed by atoms with Gasteiger partial charge in [-0.2, -0.15) is 5.10 Å². The van der Waals surface area contributed by atoms with E-state index in [9.17, 15) is 14.0 Å². The molecule has 0 radical (unpaired) electrons. The molecule has 0 aliphatic heterocycles. The number of aromatic amines is 1. The summed E-state index contributed by atoms with van der Waals surface area (Å²) in [7, 11) is 3.40. The van der Waals surface area contributed by atoms with Gasteiger partial charge in [0.25, 0.3) is 5.56 Å². The molecule has 0 saturated heterocycles. The van der Waals surface area contributed by atoms with E-state index < -0.39 is 0 Å². The smallest absolute Gasteiger partial charge is 0.252 e. The predicted molar refractivity (Wildman–Crippen MR) is 99.6 cm³/mol. The van der Waals surface area contributed by atoms with Crippen molar-refractivity contribution in [2.75, 3.05) is 18.9 Å². The Kier molecular flexibility index (Phi) is 5.10. The molecular formula is C17H18FN5O2S. The Labute approximate surface area is 153 Å². The van der Waals surface area contributed by atoms with Gasteiger partial charge in [-0.3, -0.25) is 14.7 Å². The van der Waals surface area contributed by atoms with E-state index in [1.807, 2.05) is 0 Å². The average Bonchev–Trinajstić information content (AvgIpc) is 3.06. The minimum atomic E-state index is -0.302. The molecule has 9 heteroatoms. The highest BCUT2D eigenvalue weighted by Gasteiger charge is 2.15. The molecule has 0 spiro atoms. The van der Waals surface area contributed by atoms with Crippen molar-refractivity contribution >= 4 is 34.4 Å². The van der Waals surface area contributed by atoms with Gasteiger partial charge in [0.15, 0.2) is 0 Å². The van der Waals surface area contributed by atoms with E-state index in [1.54, 1.807) is 43.7 Å². The lowest BCUT2D eigenvalue weighted by Crippen LogP contribution is -2.26. The monoisotopic (exact) mass is 375 g/mol. The molecule has 26 heavy (non-hydrogen) atoms. The third-order valence-electron chi connectivity index (χ3n) is 3.82. The van der Waals surface area contributed by atoms with Gasteiger partial charge in [-0.25, -0.2) is 8.70 Å². The SMILES string of the molecule is Cc1cc(SN(C)CC(=O)Nc2ccn(C)c(=O)c2)c2[nH]ncc2c1F. The lowest BCUT2D eigenvalue weighted by Gasteiger charge is -2.16. The summed E-state index contributed by atoms with van der Waals surface area (Å²) in [6.45, 7) is 1.78. The normalized spacial score (nSPS) is 11.3. The van der Waals surface area contributed by atoms with Crippen LogP contribution in [0.5, 0.6) is 0 Å². The Hall–Kier alpha value is -2.65. The lowest BCUT2D eigenvalue weighted by atomic mass is 10.2. The van der Waals surface area contributed by atoms with E-state index in [1.165, 1.54) is 28.8 Å². The number of aromatic nitrogens is 3. The van der Waals surface area contributed by atoms with Crippen LogP contribution in [0.4, 0.5) is 10.1 Å². The van der Waals surface area contributed by atoms with Gasteiger partial charge in [-0.15, -0.1) is 0 Å². The van der Waals surface area contributed by atoms with Crippen molar-refractivity contribution in [1.82, 2.24) is 19.1 Å². The number of rotatable bonds is 5. The molecule has 0 saturated carbocycles. The molecule has 3 aromatic rings. The lowest BCUT2D eigenvalue weighted by molar-refractivity contribution is -0.116. The summed E-state index contributed by atoms with van der Waals surface area (Å²) < 4.78 is 17.2. The first kappa shape index (κ1) is 18.2. The summed E-state index contributed by atoms with van der Waals surface area (Å²) in [5, 5.41) is 9.80. The molecule has 0 aliphatic rings. The van der Waals surface area contributed by atoms with Crippen LogP contribution in [-0.2, 0) is 11.8 Å². The summed E-state index contributed by atoms with van der Waals surface area (Å²) in [5.41, 5.74) is 1.36. The maximum Gasteiger partial charge on any atom is 0.252 e. The Morgan fingerprint density at radius 1 is 1.46 bits per heavy atom. The van der Waals surface area contributed by atoms with Gasteiger partial charge < -0.3 is 9.88 Å². The number of hydrogen-bond acceptors (Lipinski definition) is 5. The number of carbonyl (C=O) groups is 1. The van der Waals surface area contributed by atoms with E-state index in [0.717, 1.165) is 4.90 Å². The van der Waals surface area contributed by atoms with Crippen LogP contribution in [0.3, 0.4) is 0 Å². The number of carbonyl (C=O) groups excluding carboxylic acids is 1. The average molecular weight is 375 g/mol. The number of hydrogen-bond donors (Lipinski definition) is 2. The number of aryl methyl sites for hydroxylation is 2. The second kappa shape index (κ2) is 7.30. The number of fused-ring (bicyclic) bond motifs is 1. The fourth-order valence-corrected chi connectivity index (χ4v) is 3.48. The van der Waals surface area contributed by atoms with E-state index in [0.29, 0.717) is 22.2 Å². The first-order valence-electron chi connectivity index (χ1n) is 7.83. The third kappa shape index (κ3) is 3.78. The maximum atomic E-state index is 14.1. The Bertz CT molecular complexity index is 1030. The van der Waals surface area contributed by atoms with Gasteiger partial charge in [0.1, 0.15) is 5.82 Å². The van der Waals surface area contributed by atoms with Crippen LogP contribution in [0, 0.1) is 12.7 Å². The number of amides is 1. The van der Waals surface area contributed by atoms with Crippen molar-refractivity contribution in [3.8, 4) is 0 Å². The number of halogens is 1. The minimum absolute atomic E-state index is 0.0892. The zero-order valence-electron chi connectivity index (χ0n) is 14.5. The highest BCUT2D eigenvalue weighted by molar-refractivity contribution is 7.97. The van der Waals surface area contributed by atoms with E-state index >= 15 is 0 Å². The van der Waals surface area contributed by atoms with Crippen molar-refractivity contribution in [3.05, 3.63) is 52.3 Å². The summed E-state index contributed by atoms with van der Waals surface area (Å²) in [6.07, 6.45) is 3.04. The van der Waals surface area contributed by atoms with Crippen LogP contribution in [0.15, 0.2) is 40.3 Å². The fourth-order valence-electron chi connectivity index (χ4n) is 2.49. The van der Waals surface area contributed by atoms with Crippen LogP contribution in [-0.4, -0.2) is 38.6 Å². The standard InChI is InChI=1S/C17H18FN5O2S/c1-10-6-13(17-12(16(10)18)8-19-21-17)26-23(3)9-14(24)20-11-4-5-22(2)15(25)7-11/h4-8H,9H2,1-3H3,(H,19,21)(H,20,24). The minimum Gasteiger partial charge on any atom is -0.325 e. The number of anilines is 1. The van der Waals surface area contributed by atoms with Crippen LogP contribution >= 0.6 is 11.9 Å². The topological polar surface area (TPSA) is 83.0 Å². The molecule has 0 unspecified atom stereocenters. The van der Waals surface area contributed by atoms with Gasteiger partial charge >= 0.3 is 0 Å². The molecule has 3 rings (SSSR count). The molecule has 0 fully saturated rings. The maximum absolute atomic E-state index is 14.1. The molecule has 0 atom stereocenters. The molecule has 2 N–H and O–H groups in total. The van der Waals surface area contributed by atoms with E-state index in [2.05, 4.69) is 15.5 Å². The van der Waals surface area contributed by atoms with Crippen molar-refractivity contribution in [3.63, 3.8) is 0 Å². The number of nitrogens with one attached hydrogen (secondary N) is 2. The largest absolute Gasteiger partial charge is 0.325 e. The van der Waals surface area contributed by atoms with Crippen molar-refractivity contribution in [1.29, 1.82) is 0 Å². The molecule has 136 valence electrons. The molecule has 1 amide bonds. The Morgan fingerprint density at radius 3 is 2.96 bits per heavy atom. The fraction of sp³-hybridized carbons (Fsp3) is 0.235. The van der Waals surface area contributed by atoms with Crippen LogP contribution in [0.2, 0.25) is 0 Å². The second-order valence-electron chi connectivity index (χ2n) is 5.95. The summed E-state index contributed by atoms with van der Waals surface area (Å²) >= 11 is 1.31. The Balaban J connectivity index is 1.69. The summed E-state index contributed by atoms with van der Waals surface area (Å²) in [5.74, 6) is -0.558. The van der Waals surface area contributed by atoms with Gasteiger partial charge in [-0.05, 0) is 43.6 Å². The Morgan fingerprint density at radius 2 is 2.23 bits per heavy atom. The zero-order chi connectivity index (χ0) is 18.8. The van der Waals surface area contributed by atoms with E-state index in [-0.39, 0.29) is 23.8 Å². The number of H-pyrrole nitrogens is 1. The zero-order valence-corrected chi connectivity index (χ0v) is 15.4. The molecule has 7 nitrogen and oxygen atoms in total.